The number of quaternary nitrogens is 1. The molecule has 8 nitrogen and oxygen atoms in total. The molecule has 2 atom stereocenters. The lowest BCUT2D eigenvalue weighted by molar-refractivity contribution is -0.932. The van der Waals surface area contributed by atoms with Crippen LogP contribution in [-0.4, -0.2) is 51.0 Å². The number of nitrogens with zero attached hydrogens (tertiary/aromatic N) is 4. The SMILES string of the molecule is Cc1cc(C)c2[nH]c(=O)c([C@H](c3nnnn3C[C@@H]3CCCO3)[NH+]3CCC(C)CC3)cc2c1. The van der Waals surface area contributed by atoms with Crippen molar-refractivity contribution in [3.63, 3.8) is 0 Å². The van der Waals surface area contributed by atoms with Crippen molar-refractivity contribution in [1.29, 1.82) is 0 Å². The number of hydrogen-bond acceptors (Lipinski definition) is 5. The van der Waals surface area contributed by atoms with Gasteiger partial charge in [0, 0.05) is 6.61 Å². The number of tetrazole rings is 1. The molecule has 5 rings (SSSR count). The molecule has 2 N–H and O–H groups in total. The van der Waals surface area contributed by atoms with Gasteiger partial charge in [0.25, 0.3) is 5.56 Å². The van der Waals surface area contributed by atoms with Crippen molar-refractivity contribution in [3.05, 3.63) is 51.1 Å². The summed E-state index contributed by atoms with van der Waals surface area (Å²) in [4.78, 5) is 17.9. The summed E-state index contributed by atoms with van der Waals surface area (Å²) in [5.74, 6) is 1.47. The first-order valence-electron chi connectivity index (χ1n) is 11.9. The number of benzene rings is 1. The number of nitrogens with one attached hydrogen (secondary N) is 2. The number of aryl methyl sites for hydroxylation is 2. The second kappa shape index (κ2) is 8.75. The second-order valence-corrected chi connectivity index (χ2v) is 9.73. The highest BCUT2D eigenvalue weighted by atomic mass is 16.5. The van der Waals surface area contributed by atoms with Gasteiger partial charge < -0.3 is 14.6 Å². The first kappa shape index (κ1) is 21.3. The van der Waals surface area contributed by atoms with Crippen molar-refractivity contribution in [1.82, 2.24) is 25.2 Å². The Labute approximate surface area is 188 Å². The van der Waals surface area contributed by atoms with Gasteiger partial charge in [-0.3, -0.25) is 4.79 Å². The minimum atomic E-state index is -0.201. The molecule has 2 aliphatic rings. The van der Waals surface area contributed by atoms with Gasteiger partial charge in [-0.25, -0.2) is 4.68 Å². The number of aromatic nitrogens is 5. The molecule has 32 heavy (non-hydrogen) atoms. The Kier molecular flexibility index (Phi) is 5.82. The van der Waals surface area contributed by atoms with E-state index < -0.39 is 0 Å². The Morgan fingerprint density at radius 1 is 1.22 bits per heavy atom. The van der Waals surface area contributed by atoms with E-state index in [1.165, 1.54) is 10.5 Å². The average Bonchev–Trinajstić information content (AvgIpc) is 3.44. The number of rotatable bonds is 5. The molecule has 0 unspecified atom stereocenters. The van der Waals surface area contributed by atoms with Crippen molar-refractivity contribution in [2.24, 2.45) is 5.92 Å². The summed E-state index contributed by atoms with van der Waals surface area (Å²) >= 11 is 0. The van der Waals surface area contributed by atoms with E-state index in [1.54, 1.807) is 0 Å². The van der Waals surface area contributed by atoms with E-state index in [4.69, 9.17) is 4.74 Å². The topological polar surface area (TPSA) is 90.1 Å². The number of fused-ring (bicyclic) bond motifs is 1. The van der Waals surface area contributed by atoms with Crippen molar-refractivity contribution in [2.45, 2.75) is 65.1 Å². The third-order valence-electron chi connectivity index (χ3n) is 7.18. The molecule has 1 aromatic carbocycles. The zero-order valence-electron chi connectivity index (χ0n) is 19.2. The van der Waals surface area contributed by atoms with Crippen LogP contribution in [0.3, 0.4) is 0 Å². The van der Waals surface area contributed by atoms with Crippen LogP contribution in [0.15, 0.2) is 23.0 Å². The first-order valence-corrected chi connectivity index (χ1v) is 11.9. The van der Waals surface area contributed by atoms with Crippen LogP contribution in [0.4, 0.5) is 0 Å². The lowest BCUT2D eigenvalue weighted by Gasteiger charge is -2.33. The van der Waals surface area contributed by atoms with Gasteiger partial charge in [0.05, 0.1) is 36.8 Å². The molecule has 2 fully saturated rings. The minimum absolute atomic E-state index is 0.0489. The van der Waals surface area contributed by atoms with Crippen molar-refractivity contribution in [3.8, 4) is 0 Å². The maximum absolute atomic E-state index is 13.4. The fraction of sp³-hybridized carbons (Fsp3) is 0.583. The first-order chi connectivity index (χ1) is 15.5. The predicted octanol–water partition coefficient (Wildman–Crippen LogP) is 1.71. The maximum Gasteiger partial charge on any atom is 0.258 e. The van der Waals surface area contributed by atoms with Gasteiger partial charge in [-0.15, -0.1) is 5.10 Å². The lowest BCUT2D eigenvalue weighted by Crippen LogP contribution is -3.13. The van der Waals surface area contributed by atoms with Crippen LogP contribution >= 0.6 is 0 Å². The monoisotopic (exact) mass is 437 g/mol. The van der Waals surface area contributed by atoms with E-state index in [9.17, 15) is 4.79 Å². The number of piperidine rings is 1. The molecule has 0 amide bonds. The largest absolute Gasteiger partial charge is 0.376 e. The maximum atomic E-state index is 13.4. The summed E-state index contributed by atoms with van der Waals surface area (Å²) in [6.45, 7) is 9.87. The van der Waals surface area contributed by atoms with Crippen molar-refractivity contribution in [2.75, 3.05) is 19.7 Å². The second-order valence-electron chi connectivity index (χ2n) is 9.73. The van der Waals surface area contributed by atoms with Gasteiger partial charge in [-0.1, -0.05) is 18.6 Å². The summed E-state index contributed by atoms with van der Waals surface area (Å²) < 4.78 is 7.71. The van der Waals surface area contributed by atoms with Crippen LogP contribution in [0.25, 0.3) is 10.9 Å². The standard InChI is InChI=1S/C24H32N6O2/c1-15-6-8-29(9-7-15)22(23-26-27-28-30(23)14-19-5-4-10-32-19)20-13-18-12-16(2)11-17(3)21(18)25-24(20)31/h11-13,15,19,22H,4-10,14H2,1-3H3,(H,25,31)/p+1/t19-,22+/m0/s1. The van der Waals surface area contributed by atoms with Crippen molar-refractivity contribution < 1.29 is 9.64 Å². The van der Waals surface area contributed by atoms with E-state index >= 15 is 0 Å². The van der Waals surface area contributed by atoms with Crippen LogP contribution in [-0.2, 0) is 11.3 Å². The third-order valence-corrected chi connectivity index (χ3v) is 7.18. The van der Waals surface area contributed by atoms with Gasteiger partial charge in [0.2, 0.25) is 5.82 Å². The Morgan fingerprint density at radius 2 is 2.03 bits per heavy atom. The number of hydrogen-bond donors (Lipinski definition) is 2. The molecule has 3 aromatic rings. The molecular formula is C24H33N6O2+. The van der Waals surface area contributed by atoms with Crippen LogP contribution < -0.4 is 10.5 Å². The average molecular weight is 438 g/mol. The van der Waals surface area contributed by atoms with E-state index in [0.717, 1.165) is 73.2 Å². The van der Waals surface area contributed by atoms with E-state index in [1.807, 2.05) is 11.6 Å². The quantitative estimate of drug-likeness (QED) is 0.634. The number of aromatic amines is 1. The number of H-pyrrole nitrogens is 1. The molecule has 2 aliphatic heterocycles. The van der Waals surface area contributed by atoms with Crippen molar-refractivity contribution >= 4 is 10.9 Å². The normalized spacial score (nSPS) is 24.8. The van der Waals surface area contributed by atoms with Gasteiger partial charge in [-0.05, 0) is 79.0 Å². The minimum Gasteiger partial charge on any atom is -0.376 e. The highest BCUT2D eigenvalue weighted by molar-refractivity contribution is 5.83. The molecule has 0 bridgehead atoms. The summed E-state index contributed by atoms with van der Waals surface area (Å²) in [5.41, 5.74) is 3.88. The number of likely N-dealkylation sites (tertiary alicyclic amines) is 1. The Balaban J connectivity index is 1.61. The van der Waals surface area contributed by atoms with E-state index in [2.05, 4.69) is 52.6 Å². The summed E-state index contributed by atoms with van der Waals surface area (Å²) in [6.07, 6.45) is 4.51. The third kappa shape index (κ3) is 4.09. The molecule has 4 heterocycles. The molecule has 8 heteroatoms. The van der Waals surface area contributed by atoms with Gasteiger partial charge in [0.1, 0.15) is 0 Å². The molecule has 0 radical (unpaired) electrons. The molecule has 0 spiro atoms. The Hall–Kier alpha value is -2.58. The highest BCUT2D eigenvalue weighted by Gasteiger charge is 2.36. The molecule has 0 aliphatic carbocycles. The molecular weight excluding hydrogens is 404 g/mol. The summed E-state index contributed by atoms with van der Waals surface area (Å²) in [6, 6.07) is 6.11. The lowest BCUT2D eigenvalue weighted by atomic mass is 9.95. The molecule has 2 saturated heterocycles. The van der Waals surface area contributed by atoms with Crippen LogP contribution in [0.5, 0.6) is 0 Å². The number of ether oxygens (including phenoxy) is 1. The summed E-state index contributed by atoms with van der Waals surface area (Å²) in [7, 11) is 0. The molecule has 0 saturated carbocycles. The van der Waals surface area contributed by atoms with Crippen LogP contribution in [0.2, 0.25) is 0 Å². The highest BCUT2D eigenvalue weighted by Crippen LogP contribution is 2.23. The van der Waals surface area contributed by atoms with Crippen LogP contribution in [0, 0.1) is 19.8 Å². The van der Waals surface area contributed by atoms with Gasteiger partial charge >= 0.3 is 0 Å². The van der Waals surface area contributed by atoms with Gasteiger partial charge in [0.15, 0.2) is 6.04 Å². The molecule has 2 aromatic heterocycles. The Bertz CT molecular complexity index is 1150. The smallest absolute Gasteiger partial charge is 0.258 e. The summed E-state index contributed by atoms with van der Waals surface area (Å²) in [5, 5.41) is 13.8. The Morgan fingerprint density at radius 3 is 2.78 bits per heavy atom. The van der Waals surface area contributed by atoms with E-state index in [0.29, 0.717) is 12.5 Å². The molecule has 170 valence electrons. The van der Waals surface area contributed by atoms with E-state index in [-0.39, 0.29) is 17.7 Å². The fourth-order valence-electron chi connectivity index (χ4n) is 5.41. The van der Waals surface area contributed by atoms with Crippen LogP contribution in [0.1, 0.15) is 61.2 Å². The zero-order chi connectivity index (χ0) is 22.2. The predicted molar refractivity (Wildman–Crippen MR) is 122 cm³/mol. The number of pyridine rings is 1. The van der Waals surface area contributed by atoms with Gasteiger partial charge in [-0.2, -0.15) is 0 Å². The zero-order valence-corrected chi connectivity index (χ0v) is 19.2. The fourth-order valence-corrected chi connectivity index (χ4v) is 5.41.